The van der Waals surface area contributed by atoms with E-state index >= 15 is 0 Å². The molecule has 8 nitrogen and oxygen atoms in total. The van der Waals surface area contributed by atoms with E-state index < -0.39 is 41.7 Å². The van der Waals surface area contributed by atoms with E-state index in [0.29, 0.717) is 17.1 Å². The number of carboxylic acids is 1. The number of nitrogens with one attached hydrogen (secondary N) is 2. The van der Waals surface area contributed by atoms with Gasteiger partial charge in [-0.3, -0.25) is 25.0 Å². The number of hydrogen-bond acceptors (Lipinski definition) is 6. The molecule has 0 aromatic heterocycles. The molecule has 2 aliphatic heterocycles. The van der Waals surface area contributed by atoms with Gasteiger partial charge in [-0.1, -0.05) is 6.07 Å². The van der Waals surface area contributed by atoms with Gasteiger partial charge in [-0.05, 0) is 6.07 Å². The molecule has 3 N–H and O–H groups in total. The van der Waals surface area contributed by atoms with E-state index in [1.54, 1.807) is 18.2 Å². The second-order valence-electron chi connectivity index (χ2n) is 5.47. The molecule has 0 bridgehead atoms. The summed E-state index contributed by atoms with van der Waals surface area (Å²) >= 11 is 0. The Morgan fingerprint density at radius 1 is 1.13 bits per heavy atom. The van der Waals surface area contributed by atoms with Crippen LogP contribution >= 0.6 is 0 Å². The van der Waals surface area contributed by atoms with Crippen molar-refractivity contribution >= 4 is 17.8 Å². The first-order valence-corrected chi connectivity index (χ1v) is 7.03. The number of benzene rings is 1. The number of carboxylic acid groups (broad SMARTS) is 1. The number of imide groups is 1. The lowest BCUT2D eigenvalue weighted by atomic mass is 9.86. The first-order valence-electron chi connectivity index (χ1n) is 7.03. The summed E-state index contributed by atoms with van der Waals surface area (Å²) in [5.74, 6) is -2.89. The predicted molar refractivity (Wildman–Crippen MR) is 77.0 cm³/mol. The molecule has 4 atom stereocenters. The Bertz CT molecular complexity index is 689. The Kier molecular flexibility index (Phi) is 3.69. The summed E-state index contributed by atoms with van der Waals surface area (Å²) in [4.78, 5) is 35.5. The summed E-state index contributed by atoms with van der Waals surface area (Å²) < 4.78 is 10.5. The lowest BCUT2D eigenvalue weighted by molar-refractivity contribution is -0.142. The maximum absolute atomic E-state index is 12.1. The van der Waals surface area contributed by atoms with E-state index in [1.807, 2.05) is 0 Å². The fourth-order valence-electron chi connectivity index (χ4n) is 3.32. The molecule has 2 amide bonds. The molecule has 2 aliphatic rings. The van der Waals surface area contributed by atoms with Crippen LogP contribution < -0.4 is 20.1 Å². The van der Waals surface area contributed by atoms with Crippen LogP contribution in [0.5, 0.6) is 11.5 Å². The highest BCUT2D eigenvalue weighted by atomic mass is 16.5. The Balaban J connectivity index is 2.04. The molecule has 3 rings (SSSR count). The molecule has 2 heterocycles. The Morgan fingerprint density at radius 2 is 1.83 bits per heavy atom. The SMILES string of the molecule is COc1ccc([C@@H]2N[C@H](C(=O)O)[C@H]3C(=O)NC(=O)[C@@H]32)c(OC)c1. The Hall–Kier alpha value is -2.61. The van der Waals surface area contributed by atoms with Crippen LogP contribution in [0.15, 0.2) is 18.2 Å². The maximum Gasteiger partial charge on any atom is 0.321 e. The third-order valence-electron chi connectivity index (χ3n) is 4.36. The molecule has 0 saturated carbocycles. The maximum atomic E-state index is 12.1. The smallest absolute Gasteiger partial charge is 0.321 e. The van der Waals surface area contributed by atoms with Gasteiger partial charge in [0.25, 0.3) is 0 Å². The zero-order chi connectivity index (χ0) is 16.7. The Labute approximate surface area is 131 Å². The minimum Gasteiger partial charge on any atom is -0.497 e. The lowest BCUT2D eigenvalue weighted by Crippen LogP contribution is -2.41. The number of hydrogen-bond donors (Lipinski definition) is 3. The highest BCUT2D eigenvalue weighted by Crippen LogP contribution is 2.44. The first kappa shape index (κ1) is 15.3. The average Bonchev–Trinajstić information content (AvgIpc) is 3.06. The van der Waals surface area contributed by atoms with Gasteiger partial charge in [0.1, 0.15) is 17.5 Å². The molecule has 0 spiro atoms. The van der Waals surface area contributed by atoms with Crippen molar-refractivity contribution in [1.29, 1.82) is 0 Å². The van der Waals surface area contributed by atoms with Crippen molar-refractivity contribution in [2.24, 2.45) is 11.8 Å². The lowest BCUT2D eigenvalue weighted by Gasteiger charge is -2.20. The number of methoxy groups -OCH3 is 2. The molecule has 0 unspecified atom stereocenters. The van der Waals surface area contributed by atoms with Gasteiger partial charge in [-0.25, -0.2) is 0 Å². The molecular weight excluding hydrogens is 304 g/mol. The summed E-state index contributed by atoms with van der Waals surface area (Å²) in [7, 11) is 2.99. The number of rotatable bonds is 4. The van der Waals surface area contributed by atoms with E-state index in [-0.39, 0.29) is 0 Å². The van der Waals surface area contributed by atoms with Crippen molar-refractivity contribution in [2.75, 3.05) is 14.2 Å². The normalized spacial score (nSPS) is 29.1. The quantitative estimate of drug-likeness (QED) is 0.652. The third-order valence-corrected chi connectivity index (χ3v) is 4.36. The number of ether oxygens (including phenoxy) is 2. The number of carbonyl (C=O) groups excluding carboxylic acids is 2. The van der Waals surface area contributed by atoms with Crippen molar-refractivity contribution in [1.82, 2.24) is 10.6 Å². The average molecular weight is 320 g/mol. The molecular formula is C15H16N2O6. The van der Waals surface area contributed by atoms with Crippen LogP contribution in [-0.2, 0) is 14.4 Å². The van der Waals surface area contributed by atoms with E-state index in [4.69, 9.17) is 9.47 Å². The van der Waals surface area contributed by atoms with Crippen LogP contribution in [-0.4, -0.2) is 43.2 Å². The first-order chi connectivity index (χ1) is 11.0. The summed E-state index contributed by atoms with van der Waals surface area (Å²) in [5.41, 5.74) is 0.608. The van der Waals surface area contributed by atoms with E-state index in [9.17, 15) is 19.5 Å². The number of amides is 2. The molecule has 0 radical (unpaired) electrons. The van der Waals surface area contributed by atoms with Crippen molar-refractivity contribution < 1.29 is 29.0 Å². The second kappa shape index (κ2) is 5.54. The fraction of sp³-hybridized carbons (Fsp3) is 0.400. The zero-order valence-electron chi connectivity index (χ0n) is 12.5. The second-order valence-corrected chi connectivity index (χ2v) is 5.47. The molecule has 8 heteroatoms. The molecule has 2 saturated heterocycles. The van der Waals surface area contributed by atoms with E-state index in [0.717, 1.165) is 0 Å². The van der Waals surface area contributed by atoms with Gasteiger partial charge in [0.15, 0.2) is 0 Å². The van der Waals surface area contributed by atoms with Crippen molar-refractivity contribution in [2.45, 2.75) is 12.1 Å². The van der Waals surface area contributed by atoms with Gasteiger partial charge in [0.2, 0.25) is 11.8 Å². The molecule has 122 valence electrons. The van der Waals surface area contributed by atoms with Gasteiger partial charge in [0, 0.05) is 17.7 Å². The largest absolute Gasteiger partial charge is 0.497 e. The topological polar surface area (TPSA) is 114 Å². The highest BCUT2D eigenvalue weighted by Gasteiger charge is 2.58. The van der Waals surface area contributed by atoms with Crippen LogP contribution in [0.1, 0.15) is 11.6 Å². The summed E-state index contributed by atoms with van der Waals surface area (Å²) in [6.45, 7) is 0. The van der Waals surface area contributed by atoms with Crippen molar-refractivity contribution in [3.8, 4) is 11.5 Å². The van der Waals surface area contributed by atoms with Crippen molar-refractivity contribution in [3.05, 3.63) is 23.8 Å². The fourth-order valence-corrected chi connectivity index (χ4v) is 3.32. The zero-order valence-corrected chi connectivity index (χ0v) is 12.5. The van der Waals surface area contributed by atoms with Gasteiger partial charge in [-0.2, -0.15) is 0 Å². The predicted octanol–water partition coefficient (Wildman–Crippen LogP) is -0.310. The molecule has 23 heavy (non-hydrogen) atoms. The summed E-state index contributed by atoms with van der Waals surface area (Å²) in [6.07, 6.45) is 0. The highest BCUT2D eigenvalue weighted by molar-refractivity contribution is 6.08. The van der Waals surface area contributed by atoms with Crippen LogP contribution in [0, 0.1) is 11.8 Å². The summed E-state index contributed by atoms with van der Waals surface area (Å²) in [5, 5.41) is 14.4. The van der Waals surface area contributed by atoms with Gasteiger partial charge in [-0.15, -0.1) is 0 Å². The van der Waals surface area contributed by atoms with Gasteiger partial charge >= 0.3 is 5.97 Å². The molecule has 1 aromatic rings. The third kappa shape index (κ3) is 2.31. The van der Waals surface area contributed by atoms with Gasteiger partial charge < -0.3 is 14.6 Å². The van der Waals surface area contributed by atoms with Crippen molar-refractivity contribution in [3.63, 3.8) is 0 Å². The molecule has 0 aliphatic carbocycles. The minimum absolute atomic E-state index is 0.457. The van der Waals surface area contributed by atoms with Crippen LogP contribution in [0.3, 0.4) is 0 Å². The summed E-state index contributed by atoms with van der Waals surface area (Å²) in [6, 6.07) is 3.29. The van der Waals surface area contributed by atoms with E-state index in [2.05, 4.69) is 10.6 Å². The minimum atomic E-state index is -1.17. The van der Waals surface area contributed by atoms with Crippen LogP contribution in [0.2, 0.25) is 0 Å². The van der Waals surface area contributed by atoms with Crippen LogP contribution in [0.25, 0.3) is 0 Å². The molecule has 2 fully saturated rings. The Morgan fingerprint density at radius 3 is 2.43 bits per heavy atom. The van der Waals surface area contributed by atoms with E-state index in [1.165, 1.54) is 14.2 Å². The standard InChI is InChI=1S/C15H16N2O6/c1-22-6-3-4-7(8(5-6)23-2)11-9-10(12(16-11)15(20)21)14(19)17-13(9)18/h3-5,9-12,16H,1-2H3,(H,20,21)(H,17,18,19)/t9-,10-,11-,12-/m0/s1. The number of carbonyl (C=O) groups is 3. The monoisotopic (exact) mass is 320 g/mol. The molecule has 1 aromatic carbocycles. The van der Waals surface area contributed by atoms with Crippen LogP contribution in [0.4, 0.5) is 0 Å². The number of aliphatic carboxylic acids is 1. The van der Waals surface area contributed by atoms with Gasteiger partial charge in [0.05, 0.1) is 26.1 Å². The number of fused-ring (bicyclic) bond motifs is 1.